The minimum atomic E-state index is -1.27. The molecule has 1 saturated heterocycles. The van der Waals surface area contributed by atoms with Crippen molar-refractivity contribution in [2.24, 2.45) is 0 Å². The minimum absolute atomic E-state index is 0.173. The molecule has 0 aromatic carbocycles. The highest BCUT2D eigenvalue weighted by atomic mass is 16.5. The predicted molar refractivity (Wildman–Crippen MR) is 63.3 cm³/mol. The molecular formula is C11H20N2O5. The lowest BCUT2D eigenvalue weighted by Crippen LogP contribution is -2.48. The molecule has 0 aromatic heterocycles. The zero-order valence-electron chi connectivity index (χ0n) is 10.2. The fraction of sp³-hybridized carbons (Fsp3) is 0.818. The SMILES string of the molecule is O=C(NCCC1CCCCO1)NC(CO)C(=O)O. The van der Waals surface area contributed by atoms with Crippen molar-refractivity contribution < 1.29 is 24.5 Å². The van der Waals surface area contributed by atoms with Crippen LogP contribution in [0.5, 0.6) is 0 Å². The number of rotatable bonds is 6. The molecule has 0 aliphatic carbocycles. The van der Waals surface area contributed by atoms with Gasteiger partial charge >= 0.3 is 12.0 Å². The molecule has 1 aliphatic rings. The minimum Gasteiger partial charge on any atom is -0.480 e. The summed E-state index contributed by atoms with van der Waals surface area (Å²) >= 11 is 0. The number of aliphatic carboxylic acids is 1. The maximum atomic E-state index is 11.3. The van der Waals surface area contributed by atoms with Gasteiger partial charge in [0.05, 0.1) is 12.7 Å². The molecule has 2 amide bonds. The highest BCUT2D eigenvalue weighted by molar-refractivity contribution is 5.82. The zero-order valence-corrected chi connectivity index (χ0v) is 10.2. The van der Waals surface area contributed by atoms with Crippen molar-refractivity contribution in [1.29, 1.82) is 0 Å². The number of carboxylic acids is 1. The highest BCUT2D eigenvalue weighted by Crippen LogP contribution is 2.14. The van der Waals surface area contributed by atoms with Crippen molar-refractivity contribution >= 4 is 12.0 Å². The van der Waals surface area contributed by atoms with Crippen LogP contribution in [-0.2, 0) is 9.53 Å². The number of amides is 2. The average molecular weight is 260 g/mol. The summed E-state index contributed by atoms with van der Waals surface area (Å²) in [4.78, 5) is 21.9. The fourth-order valence-electron chi connectivity index (χ4n) is 1.78. The Morgan fingerprint density at radius 2 is 2.17 bits per heavy atom. The molecule has 7 heteroatoms. The average Bonchev–Trinajstić information content (AvgIpc) is 2.37. The largest absolute Gasteiger partial charge is 0.480 e. The predicted octanol–water partition coefficient (Wildman–Crippen LogP) is -0.310. The molecule has 2 unspecified atom stereocenters. The summed E-state index contributed by atoms with van der Waals surface area (Å²) in [5.74, 6) is -1.26. The lowest BCUT2D eigenvalue weighted by Gasteiger charge is -2.22. The van der Waals surface area contributed by atoms with Gasteiger partial charge in [0, 0.05) is 13.2 Å². The Hall–Kier alpha value is -1.34. The number of carboxylic acid groups (broad SMARTS) is 1. The lowest BCUT2D eigenvalue weighted by molar-refractivity contribution is -0.140. The summed E-state index contributed by atoms with van der Waals surface area (Å²) < 4.78 is 5.49. The molecule has 1 fully saturated rings. The number of aliphatic hydroxyl groups is 1. The van der Waals surface area contributed by atoms with E-state index in [9.17, 15) is 9.59 Å². The molecule has 0 saturated carbocycles. The summed E-state index contributed by atoms with van der Waals surface area (Å²) in [6.07, 6.45) is 4.11. The zero-order chi connectivity index (χ0) is 13.4. The molecule has 1 aliphatic heterocycles. The van der Waals surface area contributed by atoms with Crippen molar-refractivity contribution in [3.63, 3.8) is 0 Å². The van der Waals surface area contributed by atoms with Crippen LogP contribution >= 0.6 is 0 Å². The van der Waals surface area contributed by atoms with E-state index in [1.165, 1.54) is 0 Å². The first-order valence-electron chi connectivity index (χ1n) is 6.13. The summed E-state index contributed by atoms with van der Waals surface area (Å²) in [6, 6.07) is -1.86. The van der Waals surface area contributed by atoms with Crippen LogP contribution in [-0.4, -0.2) is 54.1 Å². The summed E-state index contributed by atoms with van der Waals surface area (Å²) in [5.41, 5.74) is 0. The van der Waals surface area contributed by atoms with Gasteiger partial charge in [-0.1, -0.05) is 0 Å². The van der Waals surface area contributed by atoms with Gasteiger partial charge in [-0.3, -0.25) is 0 Å². The second-order valence-electron chi connectivity index (χ2n) is 4.25. The van der Waals surface area contributed by atoms with Gasteiger partial charge in [-0.2, -0.15) is 0 Å². The van der Waals surface area contributed by atoms with Gasteiger partial charge in [-0.25, -0.2) is 9.59 Å². The van der Waals surface area contributed by atoms with Gasteiger partial charge < -0.3 is 25.6 Å². The maximum absolute atomic E-state index is 11.3. The van der Waals surface area contributed by atoms with E-state index in [1.54, 1.807) is 0 Å². The third kappa shape index (κ3) is 5.33. The second-order valence-corrected chi connectivity index (χ2v) is 4.25. The van der Waals surface area contributed by atoms with Crippen molar-refractivity contribution in [3.8, 4) is 0 Å². The molecule has 2 atom stereocenters. The van der Waals surface area contributed by atoms with Crippen LogP contribution < -0.4 is 10.6 Å². The number of hydrogen-bond donors (Lipinski definition) is 4. The van der Waals surface area contributed by atoms with E-state index in [0.29, 0.717) is 13.0 Å². The van der Waals surface area contributed by atoms with Gasteiger partial charge in [0.1, 0.15) is 0 Å². The van der Waals surface area contributed by atoms with Crippen LogP contribution in [0, 0.1) is 0 Å². The number of nitrogens with one attached hydrogen (secondary N) is 2. The molecule has 0 bridgehead atoms. The first-order valence-corrected chi connectivity index (χ1v) is 6.13. The van der Waals surface area contributed by atoms with Gasteiger partial charge in [0.25, 0.3) is 0 Å². The molecule has 18 heavy (non-hydrogen) atoms. The number of aliphatic hydroxyl groups excluding tert-OH is 1. The molecule has 0 aromatic rings. The second kappa shape index (κ2) is 7.88. The standard InChI is InChI=1S/C11H20N2O5/c14-7-9(10(15)16)13-11(17)12-5-4-8-3-1-2-6-18-8/h8-9,14H,1-7H2,(H,15,16)(H2,12,13,17). The number of urea groups is 1. The molecule has 7 nitrogen and oxygen atoms in total. The maximum Gasteiger partial charge on any atom is 0.328 e. The summed E-state index contributed by atoms with van der Waals surface area (Å²) in [7, 11) is 0. The Labute approximate surface area is 106 Å². The lowest BCUT2D eigenvalue weighted by atomic mass is 10.1. The first kappa shape index (κ1) is 14.7. The van der Waals surface area contributed by atoms with Gasteiger partial charge in [0.15, 0.2) is 6.04 Å². The first-order chi connectivity index (χ1) is 8.63. The Kier molecular flexibility index (Phi) is 6.45. The molecule has 1 rings (SSSR count). The van der Waals surface area contributed by atoms with E-state index in [-0.39, 0.29) is 6.10 Å². The summed E-state index contributed by atoms with van der Waals surface area (Å²) in [5, 5.41) is 22.1. The monoisotopic (exact) mass is 260 g/mol. The number of hydrogen-bond acceptors (Lipinski definition) is 4. The molecule has 0 spiro atoms. The number of ether oxygens (including phenoxy) is 1. The molecule has 1 heterocycles. The molecule has 4 N–H and O–H groups in total. The quantitative estimate of drug-likeness (QED) is 0.524. The topological polar surface area (TPSA) is 108 Å². The fourth-order valence-corrected chi connectivity index (χ4v) is 1.78. The van der Waals surface area contributed by atoms with Crippen LogP contribution in [0.4, 0.5) is 4.79 Å². The smallest absolute Gasteiger partial charge is 0.328 e. The van der Waals surface area contributed by atoms with Crippen molar-refractivity contribution in [2.75, 3.05) is 19.8 Å². The van der Waals surface area contributed by atoms with Crippen LogP contribution in [0.25, 0.3) is 0 Å². The van der Waals surface area contributed by atoms with Crippen molar-refractivity contribution in [1.82, 2.24) is 10.6 Å². The summed E-state index contributed by atoms with van der Waals surface area (Å²) in [6.45, 7) is 0.561. The Morgan fingerprint density at radius 1 is 1.39 bits per heavy atom. The molecule has 0 radical (unpaired) electrons. The molecule has 104 valence electrons. The van der Waals surface area contributed by atoms with Crippen molar-refractivity contribution in [2.45, 2.75) is 37.8 Å². The van der Waals surface area contributed by atoms with E-state index in [2.05, 4.69) is 10.6 Å². The van der Waals surface area contributed by atoms with Gasteiger partial charge in [-0.15, -0.1) is 0 Å². The Bertz CT molecular complexity index is 279. The van der Waals surface area contributed by atoms with E-state index >= 15 is 0 Å². The Morgan fingerprint density at radius 3 is 2.72 bits per heavy atom. The van der Waals surface area contributed by atoms with Crippen LogP contribution in [0.2, 0.25) is 0 Å². The third-order valence-corrected chi connectivity index (χ3v) is 2.81. The third-order valence-electron chi connectivity index (χ3n) is 2.81. The Balaban J connectivity index is 2.14. The van der Waals surface area contributed by atoms with E-state index in [4.69, 9.17) is 14.9 Å². The number of carbonyl (C=O) groups is 2. The van der Waals surface area contributed by atoms with Crippen LogP contribution in [0.3, 0.4) is 0 Å². The number of carbonyl (C=O) groups excluding carboxylic acids is 1. The molecular weight excluding hydrogens is 240 g/mol. The normalized spacial score (nSPS) is 21.1. The van der Waals surface area contributed by atoms with Gasteiger partial charge in [0.2, 0.25) is 0 Å². The highest BCUT2D eigenvalue weighted by Gasteiger charge is 2.19. The van der Waals surface area contributed by atoms with Crippen molar-refractivity contribution in [3.05, 3.63) is 0 Å². The van der Waals surface area contributed by atoms with E-state index < -0.39 is 24.6 Å². The van der Waals surface area contributed by atoms with Gasteiger partial charge in [-0.05, 0) is 25.7 Å². The van der Waals surface area contributed by atoms with Crippen LogP contribution in [0.15, 0.2) is 0 Å². The van der Waals surface area contributed by atoms with Crippen LogP contribution in [0.1, 0.15) is 25.7 Å². The van der Waals surface area contributed by atoms with E-state index in [1.807, 2.05) is 0 Å². The van der Waals surface area contributed by atoms with E-state index in [0.717, 1.165) is 25.9 Å².